The topological polar surface area (TPSA) is 98.5 Å². The van der Waals surface area contributed by atoms with E-state index in [1.807, 2.05) is 5.32 Å². The van der Waals surface area contributed by atoms with Crippen LogP contribution in [0.3, 0.4) is 0 Å². The summed E-state index contributed by atoms with van der Waals surface area (Å²) in [5.41, 5.74) is 4.78. The van der Waals surface area contributed by atoms with Crippen LogP contribution in [0.5, 0.6) is 0 Å². The van der Waals surface area contributed by atoms with E-state index in [1.54, 1.807) is 18.2 Å². The standard InChI is InChI=1S/C12H12Cl2N2O4S/c1-6(11(18)16-12(15)19)20-10(17)5-21-9-4-7(13)2-3-8(9)14/h2-4,6H,5H2,1H3,(H3,15,16,18,19)/t6-/m0/s1. The lowest BCUT2D eigenvalue weighted by Gasteiger charge is -2.12. The number of thioether (sulfide) groups is 1. The van der Waals surface area contributed by atoms with E-state index in [9.17, 15) is 14.4 Å². The molecule has 0 saturated heterocycles. The summed E-state index contributed by atoms with van der Waals surface area (Å²) < 4.78 is 4.85. The molecule has 0 aliphatic rings. The van der Waals surface area contributed by atoms with Gasteiger partial charge in [0.2, 0.25) is 0 Å². The van der Waals surface area contributed by atoms with E-state index in [0.29, 0.717) is 14.9 Å². The van der Waals surface area contributed by atoms with Crippen molar-refractivity contribution in [3.8, 4) is 0 Å². The van der Waals surface area contributed by atoms with Crippen LogP contribution >= 0.6 is 35.0 Å². The highest BCUT2D eigenvalue weighted by atomic mass is 35.5. The average Bonchev–Trinajstić information content (AvgIpc) is 2.39. The molecule has 3 N–H and O–H groups in total. The predicted molar refractivity (Wildman–Crippen MR) is 80.5 cm³/mol. The lowest BCUT2D eigenvalue weighted by molar-refractivity contribution is -0.151. The van der Waals surface area contributed by atoms with Crippen LogP contribution in [-0.2, 0) is 14.3 Å². The summed E-state index contributed by atoms with van der Waals surface area (Å²) in [4.78, 5) is 34.0. The van der Waals surface area contributed by atoms with Gasteiger partial charge in [0, 0.05) is 9.92 Å². The number of rotatable bonds is 5. The van der Waals surface area contributed by atoms with Gasteiger partial charge in [0.1, 0.15) is 0 Å². The summed E-state index contributed by atoms with van der Waals surface area (Å²) in [6.45, 7) is 1.33. The second-order valence-electron chi connectivity index (χ2n) is 3.85. The normalized spacial score (nSPS) is 11.6. The summed E-state index contributed by atoms with van der Waals surface area (Å²) >= 11 is 12.9. The van der Waals surface area contributed by atoms with E-state index < -0.39 is 24.0 Å². The molecule has 1 aromatic carbocycles. The largest absolute Gasteiger partial charge is 0.452 e. The highest BCUT2D eigenvalue weighted by Gasteiger charge is 2.19. The van der Waals surface area contributed by atoms with Gasteiger partial charge < -0.3 is 10.5 Å². The highest BCUT2D eigenvalue weighted by molar-refractivity contribution is 8.00. The Hall–Kier alpha value is -1.44. The lowest BCUT2D eigenvalue weighted by Crippen LogP contribution is -2.42. The fourth-order valence-corrected chi connectivity index (χ4v) is 2.51. The van der Waals surface area contributed by atoms with E-state index in [2.05, 4.69) is 0 Å². The number of nitrogens with one attached hydrogen (secondary N) is 1. The number of primary amides is 1. The van der Waals surface area contributed by atoms with Crippen molar-refractivity contribution < 1.29 is 19.1 Å². The second-order valence-corrected chi connectivity index (χ2v) is 5.71. The summed E-state index contributed by atoms with van der Waals surface area (Å²) in [6, 6.07) is 3.84. The third-order valence-electron chi connectivity index (χ3n) is 2.16. The number of imide groups is 1. The molecule has 0 aliphatic heterocycles. The van der Waals surface area contributed by atoms with Crippen LogP contribution in [0.1, 0.15) is 6.92 Å². The molecule has 1 aromatic rings. The number of carbonyl (C=O) groups excluding carboxylic acids is 3. The Morgan fingerprint density at radius 2 is 2.05 bits per heavy atom. The number of hydrogen-bond acceptors (Lipinski definition) is 5. The molecule has 9 heteroatoms. The van der Waals surface area contributed by atoms with Crippen LogP contribution in [0, 0.1) is 0 Å². The van der Waals surface area contributed by atoms with E-state index >= 15 is 0 Å². The molecule has 21 heavy (non-hydrogen) atoms. The minimum atomic E-state index is -1.12. The zero-order valence-electron chi connectivity index (χ0n) is 10.9. The highest BCUT2D eigenvalue weighted by Crippen LogP contribution is 2.29. The second kappa shape index (κ2) is 8.11. The number of amides is 3. The number of urea groups is 1. The predicted octanol–water partition coefficient (Wildman–Crippen LogP) is 2.21. The van der Waals surface area contributed by atoms with Gasteiger partial charge in [-0.2, -0.15) is 0 Å². The molecule has 0 spiro atoms. The van der Waals surface area contributed by atoms with Gasteiger partial charge in [-0.25, -0.2) is 4.79 Å². The van der Waals surface area contributed by atoms with Crippen LogP contribution in [0.4, 0.5) is 4.79 Å². The van der Waals surface area contributed by atoms with Crippen molar-refractivity contribution in [1.29, 1.82) is 0 Å². The van der Waals surface area contributed by atoms with E-state index in [0.717, 1.165) is 11.8 Å². The number of ether oxygens (including phenoxy) is 1. The fourth-order valence-electron chi connectivity index (χ4n) is 1.23. The molecule has 0 saturated carbocycles. The molecule has 0 bridgehead atoms. The third kappa shape index (κ3) is 6.24. The van der Waals surface area contributed by atoms with Crippen molar-refractivity contribution in [2.24, 2.45) is 5.73 Å². The van der Waals surface area contributed by atoms with Crippen molar-refractivity contribution >= 4 is 52.9 Å². The van der Waals surface area contributed by atoms with Gasteiger partial charge in [-0.1, -0.05) is 23.2 Å². The smallest absolute Gasteiger partial charge is 0.318 e. The van der Waals surface area contributed by atoms with Gasteiger partial charge in [-0.3, -0.25) is 14.9 Å². The first-order valence-corrected chi connectivity index (χ1v) is 7.41. The van der Waals surface area contributed by atoms with Crippen molar-refractivity contribution in [2.75, 3.05) is 5.75 Å². The van der Waals surface area contributed by atoms with Crippen LogP contribution < -0.4 is 11.1 Å². The Bertz CT molecular complexity index is 568. The van der Waals surface area contributed by atoms with Gasteiger partial charge in [-0.05, 0) is 25.1 Å². The van der Waals surface area contributed by atoms with Gasteiger partial charge in [0.05, 0.1) is 10.8 Å². The molecule has 114 valence electrons. The Morgan fingerprint density at radius 3 is 2.67 bits per heavy atom. The molecule has 1 atom stereocenters. The first-order chi connectivity index (χ1) is 9.79. The molecule has 0 heterocycles. The maximum absolute atomic E-state index is 11.6. The Morgan fingerprint density at radius 1 is 1.38 bits per heavy atom. The summed E-state index contributed by atoms with van der Waals surface area (Å²) in [7, 11) is 0. The average molecular weight is 351 g/mol. The molecule has 1 rings (SSSR count). The Balaban J connectivity index is 2.49. The van der Waals surface area contributed by atoms with Gasteiger partial charge in [-0.15, -0.1) is 11.8 Å². The van der Waals surface area contributed by atoms with Gasteiger partial charge in [0.25, 0.3) is 5.91 Å². The number of hydrogen-bond donors (Lipinski definition) is 2. The SMILES string of the molecule is C[C@H](OC(=O)CSc1cc(Cl)ccc1Cl)C(=O)NC(N)=O. The molecule has 6 nitrogen and oxygen atoms in total. The number of benzene rings is 1. The molecule has 0 fully saturated rings. The van der Waals surface area contributed by atoms with Crippen LogP contribution in [0.15, 0.2) is 23.1 Å². The number of esters is 1. The Kier molecular flexibility index (Phi) is 6.80. The number of nitrogens with two attached hydrogens (primary N) is 1. The molecule has 0 aromatic heterocycles. The maximum Gasteiger partial charge on any atom is 0.318 e. The minimum Gasteiger partial charge on any atom is -0.452 e. The van der Waals surface area contributed by atoms with Crippen LogP contribution in [0.25, 0.3) is 0 Å². The van der Waals surface area contributed by atoms with E-state index in [1.165, 1.54) is 6.92 Å². The Labute approximate surface area is 135 Å². The van der Waals surface area contributed by atoms with Gasteiger partial charge in [0.15, 0.2) is 6.10 Å². The molecule has 0 radical (unpaired) electrons. The van der Waals surface area contributed by atoms with Crippen LogP contribution in [-0.4, -0.2) is 29.8 Å². The number of halogens is 2. The lowest BCUT2D eigenvalue weighted by atomic mass is 10.4. The van der Waals surface area contributed by atoms with Crippen molar-refractivity contribution in [2.45, 2.75) is 17.9 Å². The fraction of sp³-hybridized carbons (Fsp3) is 0.250. The molecule has 3 amide bonds. The quantitative estimate of drug-likeness (QED) is 0.626. The maximum atomic E-state index is 11.6. The summed E-state index contributed by atoms with van der Waals surface area (Å²) in [5.74, 6) is -1.49. The third-order valence-corrected chi connectivity index (χ3v) is 3.87. The number of carbonyl (C=O) groups is 3. The molecular formula is C12H12Cl2N2O4S. The first kappa shape index (κ1) is 17.6. The monoisotopic (exact) mass is 350 g/mol. The molecule has 0 unspecified atom stereocenters. The summed E-state index contributed by atoms with van der Waals surface area (Å²) in [5, 5.41) is 2.76. The summed E-state index contributed by atoms with van der Waals surface area (Å²) in [6.07, 6.45) is -1.12. The van der Waals surface area contributed by atoms with Crippen molar-refractivity contribution in [3.05, 3.63) is 28.2 Å². The van der Waals surface area contributed by atoms with Crippen molar-refractivity contribution in [3.63, 3.8) is 0 Å². The van der Waals surface area contributed by atoms with Crippen LogP contribution in [0.2, 0.25) is 10.0 Å². The molecule has 0 aliphatic carbocycles. The molecular weight excluding hydrogens is 339 g/mol. The van der Waals surface area contributed by atoms with E-state index in [-0.39, 0.29) is 5.75 Å². The van der Waals surface area contributed by atoms with E-state index in [4.69, 9.17) is 33.7 Å². The first-order valence-electron chi connectivity index (χ1n) is 5.67. The zero-order valence-corrected chi connectivity index (χ0v) is 13.2. The van der Waals surface area contributed by atoms with Crippen molar-refractivity contribution in [1.82, 2.24) is 5.32 Å². The minimum absolute atomic E-state index is 0.0613. The van der Waals surface area contributed by atoms with Gasteiger partial charge >= 0.3 is 12.0 Å². The zero-order chi connectivity index (χ0) is 16.0.